The van der Waals surface area contributed by atoms with E-state index in [2.05, 4.69) is 9.80 Å². The van der Waals surface area contributed by atoms with Crippen molar-refractivity contribution in [1.29, 1.82) is 0 Å². The van der Waals surface area contributed by atoms with Crippen molar-refractivity contribution in [2.75, 3.05) is 46.8 Å². The maximum atomic E-state index is 12.4. The summed E-state index contributed by atoms with van der Waals surface area (Å²) in [6, 6.07) is 1.24. The van der Waals surface area contributed by atoms with Gasteiger partial charge in [-0.25, -0.2) is 9.59 Å². The van der Waals surface area contributed by atoms with E-state index in [4.69, 9.17) is 0 Å². The summed E-state index contributed by atoms with van der Waals surface area (Å²) in [4.78, 5) is 31.7. The van der Waals surface area contributed by atoms with Gasteiger partial charge in [-0.05, 0) is 69.4 Å². The van der Waals surface area contributed by atoms with Crippen LogP contribution in [-0.4, -0.2) is 95.7 Å². The number of carbonyl (C=O) groups is 2. The molecule has 3 aliphatic heterocycles. The number of carbonyl (C=O) groups excluding carboxylic acids is 1. The van der Waals surface area contributed by atoms with Crippen molar-refractivity contribution in [2.45, 2.75) is 57.0 Å². The molecule has 4 aliphatic rings. The number of carboxylic acid groups (broad SMARTS) is 1. The van der Waals surface area contributed by atoms with E-state index >= 15 is 0 Å². The van der Waals surface area contributed by atoms with E-state index in [1.54, 1.807) is 9.80 Å². The van der Waals surface area contributed by atoms with Gasteiger partial charge in [0.05, 0.1) is 0 Å². The molecule has 0 bridgehead atoms. The van der Waals surface area contributed by atoms with Gasteiger partial charge < -0.3 is 24.7 Å². The smallest absolute Gasteiger partial charge is 0.407 e. The Bertz CT molecular complexity index is 582. The normalized spacial score (nSPS) is 34.9. The van der Waals surface area contributed by atoms with E-state index in [0.29, 0.717) is 24.5 Å². The lowest BCUT2D eigenvalue weighted by molar-refractivity contribution is -0.0141. The summed E-state index contributed by atoms with van der Waals surface area (Å²) < 4.78 is 0. The predicted molar refractivity (Wildman–Crippen MR) is 103 cm³/mol. The molecule has 4 rings (SSSR count). The number of rotatable bonds is 2. The van der Waals surface area contributed by atoms with E-state index in [0.717, 1.165) is 58.3 Å². The van der Waals surface area contributed by atoms with Gasteiger partial charge in [-0.1, -0.05) is 0 Å². The topological polar surface area (TPSA) is 67.3 Å². The molecule has 0 aromatic heterocycles. The minimum absolute atomic E-state index is 0.171. The lowest BCUT2D eigenvalue weighted by Gasteiger charge is -2.52. The fraction of sp³-hybridized carbons (Fsp3) is 0.900. The van der Waals surface area contributed by atoms with Gasteiger partial charge in [0.15, 0.2) is 0 Å². The third-order valence-electron chi connectivity index (χ3n) is 7.61. The number of likely N-dealkylation sites (tertiary alicyclic amines) is 3. The first kappa shape index (κ1) is 18.8. The molecule has 1 atom stereocenters. The molecule has 7 nitrogen and oxygen atoms in total. The second kappa shape index (κ2) is 7.15. The molecule has 7 heteroatoms. The Labute approximate surface area is 162 Å². The Kier molecular flexibility index (Phi) is 4.99. The molecule has 3 heterocycles. The Hall–Kier alpha value is -1.50. The van der Waals surface area contributed by atoms with E-state index < -0.39 is 6.09 Å². The number of amides is 3. The number of hydrogen-bond acceptors (Lipinski definition) is 3. The quantitative estimate of drug-likeness (QED) is 0.801. The van der Waals surface area contributed by atoms with Crippen molar-refractivity contribution in [3.8, 4) is 0 Å². The summed E-state index contributed by atoms with van der Waals surface area (Å²) in [6.45, 7) is 4.62. The zero-order valence-electron chi connectivity index (χ0n) is 16.8. The maximum absolute atomic E-state index is 12.4. The van der Waals surface area contributed by atoms with E-state index in [1.807, 2.05) is 14.1 Å². The molecular weight excluding hydrogens is 344 g/mol. The van der Waals surface area contributed by atoms with Crippen LogP contribution < -0.4 is 0 Å². The molecule has 152 valence electrons. The molecule has 4 fully saturated rings. The first-order valence-corrected chi connectivity index (χ1v) is 10.6. The summed E-state index contributed by atoms with van der Waals surface area (Å²) in [5.41, 5.74) is 0.264. The van der Waals surface area contributed by atoms with Crippen molar-refractivity contribution >= 4 is 12.1 Å². The number of urea groups is 1. The first-order valence-electron chi connectivity index (χ1n) is 10.6. The Morgan fingerprint density at radius 1 is 1.04 bits per heavy atom. The lowest BCUT2D eigenvalue weighted by Crippen LogP contribution is -2.55. The van der Waals surface area contributed by atoms with Crippen LogP contribution in [0.3, 0.4) is 0 Å². The van der Waals surface area contributed by atoms with E-state index in [-0.39, 0.29) is 11.4 Å². The summed E-state index contributed by atoms with van der Waals surface area (Å²) in [6.07, 6.45) is 7.27. The average Bonchev–Trinajstić information content (AvgIpc) is 3.27. The van der Waals surface area contributed by atoms with Gasteiger partial charge in [0, 0.05) is 45.8 Å². The lowest BCUT2D eigenvalue weighted by atomic mass is 9.64. The van der Waals surface area contributed by atoms with Gasteiger partial charge in [0.2, 0.25) is 0 Å². The van der Waals surface area contributed by atoms with Gasteiger partial charge in [-0.15, -0.1) is 0 Å². The number of piperidine rings is 1. The Balaban J connectivity index is 1.26. The number of hydrogen-bond donors (Lipinski definition) is 1. The van der Waals surface area contributed by atoms with Gasteiger partial charge >= 0.3 is 12.1 Å². The van der Waals surface area contributed by atoms with Crippen molar-refractivity contribution in [3.63, 3.8) is 0 Å². The summed E-state index contributed by atoms with van der Waals surface area (Å²) >= 11 is 0. The highest BCUT2D eigenvalue weighted by atomic mass is 16.4. The maximum Gasteiger partial charge on any atom is 0.407 e. The first-order chi connectivity index (χ1) is 12.9. The standard InChI is InChI=1S/C20H34N4O3/c1-21(2)18(25)24-8-3-4-17(24)15-5-9-22(10-6-15)16-12-20(13-16)7-11-23(14-20)19(26)27/h15-17H,3-14H2,1-2H3,(H,26,27). The molecule has 0 aromatic rings. The number of nitrogens with zero attached hydrogens (tertiary/aromatic N) is 4. The van der Waals surface area contributed by atoms with Crippen LogP contribution in [-0.2, 0) is 0 Å². The Morgan fingerprint density at radius 3 is 2.33 bits per heavy atom. The van der Waals surface area contributed by atoms with Crippen LogP contribution >= 0.6 is 0 Å². The van der Waals surface area contributed by atoms with Crippen molar-refractivity contribution in [1.82, 2.24) is 19.6 Å². The molecule has 0 radical (unpaired) electrons. The average molecular weight is 379 g/mol. The fourth-order valence-corrected chi connectivity index (χ4v) is 6.08. The summed E-state index contributed by atoms with van der Waals surface area (Å²) in [7, 11) is 3.70. The highest BCUT2D eigenvalue weighted by Gasteiger charge is 2.51. The molecule has 1 N–H and O–H groups in total. The molecule has 3 saturated heterocycles. The van der Waals surface area contributed by atoms with Crippen LogP contribution in [0.25, 0.3) is 0 Å². The molecule has 27 heavy (non-hydrogen) atoms. The summed E-state index contributed by atoms with van der Waals surface area (Å²) in [5, 5.41) is 9.19. The van der Waals surface area contributed by atoms with Crippen molar-refractivity contribution in [2.24, 2.45) is 11.3 Å². The van der Waals surface area contributed by atoms with E-state index in [1.165, 1.54) is 12.8 Å². The summed E-state index contributed by atoms with van der Waals surface area (Å²) in [5.74, 6) is 0.635. The van der Waals surface area contributed by atoms with E-state index in [9.17, 15) is 14.7 Å². The fourth-order valence-electron chi connectivity index (χ4n) is 6.08. The van der Waals surface area contributed by atoms with Crippen LogP contribution in [0.15, 0.2) is 0 Å². The SMILES string of the molecule is CN(C)C(=O)N1CCCC1C1CCN(C2CC3(CCN(C(=O)O)C3)C2)CC1. The molecule has 1 aliphatic carbocycles. The van der Waals surface area contributed by atoms with Gasteiger partial charge in [-0.3, -0.25) is 0 Å². The molecule has 0 aromatic carbocycles. The minimum Gasteiger partial charge on any atom is -0.465 e. The largest absolute Gasteiger partial charge is 0.465 e. The van der Waals surface area contributed by atoms with Gasteiger partial charge in [0.1, 0.15) is 0 Å². The molecule has 1 unspecified atom stereocenters. The predicted octanol–water partition coefficient (Wildman–Crippen LogP) is 2.38. The van der Waals surface area contributed by atoms with Gasteiger partial charge in [-0.2, -0.15) is 0 Å². The molecular formula is C20H34N4O3. The van der Waals surface area contributed by atoms with Crippen molar-refractivity contribution in [3.05, 3.63) is 0 Å². The van der Waals surface area contributed by atoms with Gasteiger partial charge in [0.25, 0.3) is 0 Å². The van der Waals surface area contributed by atoms with Crippen LogP contribution in [0.4, 0.5) is 9.59 Å². The molecule has 3 amide bonds. The second-order valence-corrected chi connectivity index (χ2v) is 9.47. The second-order valence-electron chi connectivity index (χ2n) is 9.47. The Morgan fingerprint density at radius 2 is 1.74 bits per heavy atom. The van der Waals surface area contributed by atoms with Crippen LogP contribution in [0.1, 0.15) is 44.9 Å². The zero-order chi connectivity index (χ0) is 19.2. The molecule has 1 saturated carbocycles. The van der Waals surface area contributed by atoms with Crippen LogP contribution in [0, 0.1) is 11.3 Å². The molecule has 1 spiro atoms. The minimum atomic E-state index is -0.760. The van der Waals surface area contributed by atoms with Crippen LogP contribution in [0.5, 0.6) is 0 Å². The van der Waals surface area contributed by atoms with Crippen molar-refractivity contribution < 1.29 is 14.7 Å². The highest BCUT2D eigenvalue weighted by Crippen LogP contribution is 2.50. The monoisotopic (exact) mass is 378 g/mol. The zero-order valence-corrected chi connectivity index (χ0v) is 16.8. The third kappa shape index (κ3) is 3.50. The van der Waals surface area contributed by atoms with Crippen LogP contribution in [0.2, 0.25) is 0 Å². The third-order valence-corrected chi connectivity index (χ3v) is 7.61. The highest BCUT2D eigenvalue weighted by molar-refractivity contribution is 5.74.